The molecule has 0 aliphatic heterocycles. The van der Waals surface area contributed by atoms with Gasteiger partial charge in [0.25, 0.3) is 0 Å². The van der Waals surface area contributed by atoms with E-state index in [0.29, 0.717) is 5.92 Å². The second kappa shape index (κ2) is 16.5. The Balaban J connectivity index is 0.907. The van der Waals surface area contributed by atoms with Gasteiger partial charge in [-0.2, -0.15) is 0 Å². The molecule has 322 valence electrons. The van der Waals surface area contributed by atoms with Crippen LogP contribution in [-0.4, -0.2) is 9.13 Å². The van der Waals surface area contributed by atoms with Crippen LogP contribution in [0.4, 0.5) is 42.9 Å². The SMILES string of the molecule is CC1C=C(n2c3ccccc3c3cc(N(c4ccc(F)cc4)c4ccc(-c5ccc(N(c6ccc(F)cc6)c6ccc7c(c6)c6ccccc6n7-c6ccccc6)cc5)cc4)ccc32)C=CC1. The molecule has 0 spiro atoms. The summed E-state index contributed by atoms with van der Waals surface area (Å²) in [6, 6.07) is 71.2. The summed E-state index contributed by atoms with van der Waals surface area (Å²) in [5, 5.41) is 4.62. The largest absolute Gasteiger partial charge is 0.310 e. The number of rotatable bonds is 9. The van der Waals surface area contributed by atoms with E-state index < -0.39 is 0 Å². The fraction of sp³-hybridized carbons (Fsp3) is 0.0492. The monoisotopic (exact) mass is 870 g/mol. The number of aromatic nitrogens is 2. The lowest BCUT2D eigenvalue weighted by atomic mass is 10.0. The van der Waals surface area contributed by atoms with E-state index in [1.807, 2.05) is 30.3 Å². The Hall–Kier alpha value is -8.48. The molecule has 0 saturated heterocycles. The van der Waals surface area contributed by atoms with Crippen LogP contribution in [0.25, 0.3) is 66.1 Å². The Kier molecular flexibility index (Phi) is 9.87. The van der Waals surface area contributed by atoms with Crippen LogP contribution in [0.2, 0.25) is 0 Å². The average molecular weight is 871 g/mol. The molecule has 9 aromatic carbocycles. The van der Waals surface area contributed by atoms with E-state index in [1.165, 1.54) is 35.3 Å². The van der Waals surface area contributed by atoms with Crippen LogP contribution in [0.5, 0.6) is 0 Å². The minimum absolute atomic E-state index is 0.279. The van der Waals surface area contributed by atoms with Crippen molar-refractivity contribution in [1.82, 2.24) is 9.13 Å². The zero-order valence-electron chi connectivity index (χ0n) is 36.8. The molecule has 2 aromatic heterocycles. The van der Waals surface area contributed by atoms with Gasteiger partial charge in [-0.3, -0.25) is 0 Å². The maximum Gasteiger partial charge on any atom is 0.123 e. The molecule has 1 atom stereocenters. The Bertz CT molecular complexity index is 3680. The van der Waals surface area contributed by atoms with E-state index in [9.17, 15) is 8.78 Å². The number of allylic oxidation sites excluding steroid dienone is 4. The van der Waals surface area contributed by atoms with Gasteiger partial charge in [0.2, 0.25) is 0 Å². The molecular weight excluding hydrogens is 827 g/mol. The fourth-order valence-electron chi connectivity index (χ4n) is 9.98. The van der Waals surface area contributed by atoms with Crippen LogP contribution >= 0.6 is 0 Å². The molecule has 4 nitrogen and oxygen atoms in total. The smallest absolute Gasteiger partial charge is 0.123 e. The number of nitrogens with zero attached hydrogens (tertiary/aromatic N) is 4. The van der Waals surface area contributed by atoms with Crippen LogP contribution in [0, 0.1) is 17.6 Å². The summed E-state index contributed by atoms with van der Waals surface area (Å²) in [4.78, 5) is 4.37. The van der Waals surface area contributed by atoms with E-state index in [0.717, 1.165) is 95.6 Å². The van der Waals surface area contributed by atoms with Crippen LogP contribution in [-0.2, 0) is 0 Å². The first-order valence-electron chi connectivity index (χ1n) is 22.8. The second-order valence-corrected chi connectivity index (χ2v) is 17.4. The van der Waals surface area contributed by atoms with Gasteiger partial charge in [0.1, 0.15) is 11.6 Å². The van der Waals surface area contributed by atoms with Gasteiger partial charge < -0.3 is 18.9 Å². The van der Waals surface area contributed by atoms with Gasteiger partial charge in [0, 0.05) is 67.1 Å². The van der Waals surface area contributed by atoms with Crippen molar-refractivity contribution >= 4 is 83.4 Å². The third kappa shape index (κ3) is 7.15. The van der Waals surface area contributed by atoms with Crippen molar-refractivity contribution in [3.05, 3.63) is 242 Å². The molecule has 1 aliphatic rings. The first-order valence-corrected chi connectivity index (χ1v) is 22.8. The van der Waals surface area contributed by atoms with Crippen LogP contribution < -0.4 is 9.80 Å². The highest BCUT2D eigenvalue weighted by molar-refractivity contribution is 6.12. The highest BCUT2D eigenvalue weighted by Crippen LogP contribution is 2.43. The molecule has 0 saturated carbocycles. The van der Waals surface area contributed by atoms with Gasteiger partial charge in [-0.05, 0) is 163 Å². The van der Waals surface area contributed by atoms with E-state index in [4.69, 9.17) is 0 Å². The summed E-state index contributed by atoms with van der Waals surface area (Å²) >= 11 is 0. The number of fused-ring (bicyclic) bond motifs is 6. The molecule has 12 rings (SSSR count). The predicted molar refractivity (Wildman–Crippen MR) is 276 cm³/mol. The number of benzene rings is 9. The lowest BCUT2D eigenvalue weighted by molar-refractivity contribution is 0.627. The van der Waals surface area contributed by atoms with Crippen molar-refractivity contribution < 1.29 is 8.78 Å². The van der Waals surface area contributed by atoms with E-state index in [-0.39, 0.29) is 11.6 Å². The summed E-state index contributed by atoms with van der Waals surface area (Å²) in [6.07, 6.45) is 7.89. The van der Waals surface area contributed by atoms with Crippen molar-refractivity contribution in [3.63, 3.8) is 0 Å². The Morgan fingerprint density at radius 3 is 1.30 bits per heavy atom. The minimum atomic E-state index is -0.282. The molecule has 2 heterocycles. The van der Waals surface area contributed by atoms with Crippen LogP contribution in [0.1, 0.15) is 13.3 Å². The zero-order chi connectivity index (χ0) is 45.0. The number of hydrogen-bond donors (Lipinski definition) is 0. The van der Waals surface area contributed by atoms with E-state index in [2.05, 4.69) is 202 Å². The van der Waals surface area contributed by atoms with Crippen LogP contribution in [0.3, 0.4) is 0 Å². The Labute approximate surface area is 387 Å². The number of hydrogen-bond acceptors (Lipinski definition) is 2. The quantitative estimate of drug-likeness (QED) is 0.144. The van der Waals surface area contributed by atoms with Gasteiger partial charge in [0.05, 0.1) is 22.1 Å². The number of para-hydroxylation sites is 3. The lowest BCUT2D eigenvalue weighted by Gasteiger charge is -2.26. The first kappa shape index (κ1) is 40.1. The predicted octanol–water partition coefficient (Wildman–Crippen LogP) is 17.2. The van der Waals surface area contributed by atoms with Crippen molar-refractivity contribution in [3.8, 4) is 16.8 Å². The van der Waals surface area contributed by atoms with Crippen molar-refractivity contribution in [2.24, 2.45) is 5.92 Å². The number of halogens is 2. The summed E-state index contributed by atoms with van der Waals surface area (Å²) in [5.74, 6) is -0.100. The highest BCUT2D eigenvalue weighted by atomic mass is 19.1. The third-order valence-electron chi connectivity index (χ3n) is 13.1. The topological polar surface area (TPSA) is 16.3 Å². The molecule has 0 bridgehead atoms. The molecule has 1 unspecified atom stereocenters. The third-order valence-corrected chi connectivity index (χ3v) is 13.1. The standard InChI is InChI=1S/C61H44F2N4/c1-41-10-9-13-51(38-41)67-59-17-8-6-15-55(59)57-40-53(35-37-61(57)67)65(50-32-24-45(63)25-33-50)48-28-20-43(21-29-48)42-18-26-47(27-19-42)64(49-30-22-44(62)23-31-49)52-34-36-60-56(39-52)54-14-5-7-16-58(54)66(60)46-11-3-2-4-12-46/h2-9,11-41H,10H2,1H3. The van der Waals surface area contributed by atoms with Crippen molar-refractivity contribution in [1.29, 1.82) is 0 Å². The summed E-state index contributed by atoms with van der Waals surface area (Å²) in [6.45, 7) is 2.26. The molecule has 0 fully saturated rings. The molecule has 1 aliphatic carbocycles. The van der Waals surface area contributed by atoms with Gasteiger partial charge in [-0.25, -0.2) is 8.78 Å². The average Bonchev–Trinajstić information content (AvgIpc) is 3.88. The normalized spacial score (nSPS) is 13.7. The Morgan fingerprint density at radius 2 is 0.806 bits per heavy atom. The molecule has 0 amide bonds. The highest BCUT2D eigenvalue weighted by Gasteiger charge is 2.21. The molecule has 0 N–H and O–H groups in total. The van der Waals surface area contributed by atoms with Crippen molar-refractivity contribution in [2.45, 2.75) is 13.3 Å². The van der Waals surface area contributed by atoms with E-state index >= 15 is 0 Å². The second-order valence-electron chi connectivity index (χ2n) is 17.4. The van der Waals surface area contributed by atoms with Crippen LogP contribution in [0.15, 0.2) is 231 Å². The molecule has 11 aromatic rings. The zero-order valence-corrected chi connectivity index (χ0v) is 36.8. The summed E-state index contributed by atoms with van der Waals surface area (Å²) < 4.78 is 33.5. The van der Waals surface area contributed by atoms with Gasteiger partial charge >= 0.3 is 0 Å². The molecule has 6 heteroatoms. The Morgan fingerprint density at radius 1 is 0.403 bits per heavy atom. The lowest BCUT2D eigenvalue weighted by Crippen LogP contribution is -2.10. The molecule has 67 heavy (non-hydrogen) atoms. The van der Waals surface area contributed by atoms with Gasteiger partial charge in [0.15, 0.2) is 0 Å². The maximum absolute atomic E-state index is 14.4. The fourth-order valence-corrected chi connectivity index (χ4v) is 9.98. The van der Waals surface area contributed by atoms with E-state index in [1.54, 1.807) is 0 Å². The van der Waals surface area contributed by atoms with Gasteiger partial charge in [-0.15, -0.1) is 0 Å². The maximum atomic E-state index is 14.4. The summed E-state index contributed by atoms with van der Waals surface area (Å²) in [7, 11) is 0. The first-order chi connectivity index (χ1) is 32.9. The molecule has 0 radical (unpaired) electrons. The van der Waals surface area contributed by atoms with Gasteiger partial charge in [-0.1, -0.05) is 97.9 Å². The minimum Gasteiger partial charge on any atom is -0.310 e. The van der Waals surface area contributed by atoms with Crippen molar-refractivity contribution in [2.75, 3.05) is 9.80 Å². The number of anilines is 6. The summed E-state index contributed by atoms with van der Waals surface area (Å²) in [5.41, 5.74) is 14.5. The molecular formula is C61H44F2N4.